The van der Waals surface area contributed by atoms with Gasteiger partial charge >= 0.3 is 5.97 Å². The van der Waals surface area contributed by atoms with Crippen LogP contribution in [0.2, 0.25) is 5.02 Å². The summed E-state index contributed by atoms with van der Waals surface area (Å²) in [4.78, 5) is 26.9. The minimum atomic E-state index is -0.968. The van der Waals surface area contributed by atoms with Crippen molar-refractivity contribution in [1.29, 1.82) is 0 Å². The van der Waals surface area contributed by atoms with Crippen LogP contribution in [0.15, 0.2) is 18.3 Å². The number of hydrogen-bond acceptors (Lipinski definition) is 4. The van der Waals surface area contributed by atoms with Crippen LogP contribution in [0.5, 0.6) is 0 Å². The van der Waals surface area contributed by atoms with E-state index in [2.05, 4.69) is 10.3 Å². The molecule has 2 N–H and O–H groups in total. The van der Waals surface area contributed by atoms with Crippen molar-refractivity contribution < 1.29 is 19.3 Å². The molecule has 1 fully saturated rings. The zero-order valence-corrected chi connectivity index (χ0v) is 13.0. The third kappa shape index (κ3) is 3.94. The number of H-pyrrole nitrogens is 1. The molecule has 0 unspecified atom stereocenters. The lowest BCUT2D eigenvalue weighted by molar-refractivity contribution is -0.360. The highest BCUT2D eigenvalue weighted by Crippen LogP contribution is 2.33. The first kappa shape index (κ1) is 15.8. The molecule has 1 saturated heterocycles. The molecular weight excluding hydrogens is 292 g/mol. The summed E-state index contributed by atoms with van der Waals surface area (Å²) >= 11 is 5.79. The van der Waals surface area contributed by atoms with Crippen molar-refractivity contribution in [3.05, 3.63) is 23.4 Å². The first-order valence-electron chi connectivity index (χ1n) is 7.07. The lowest BCUT2D eigenvalue weighted by atomic mass is 9.86. The summed E-state index contributed by atoms with van der Waals surface area (Å²) in [6.07, 6.45) is 2.97. The zero-order chi connectivity index (χ0) is 15.5. The van der Waals surface area contributed by atoms with Gasteiger partial charge in [0.05, 0.1) is 5.02 Å². The van der Waals surface area contributed by atoms with Gasteiger partial charge in [0.15, 0.2) is 5.60 Å². The lowest BCUT2D eigenvalue weighted by Crippen LogP contribution is -2.43. The molecule has 0 aliphatic carbocycles. The van der Waals surface area contributed by atoms with Crippen molar-refractivity contribution >= 4 is 29.2 Å². The first-order valence-corrected chi connectivity index (χ1v) is 7.45. The first-order chi connectivity index (χ1) is 9.91. The van der Waals surface area contributed by atoms with Crippen LogP contribution in [-0.4, -0.2) is 23.9 Å². The normalized spacial score (nSPS) is 21.4. The Hall–Kier alpha value is -1.62. The van der Waals surface area contributed by atoms with Gasteiger partial charge in [-0.15, -0.1) is 0 Å². The number of hydrogen-bond donors (Lipinski definition) is 1. The number of nitrogens with one attached hydrogen (secondary N) is 2. The number of aromatic amines is 1. The van der Waals surface area contributed by atoms with Crippen LogP contribution in [-0.2, 0) is 14.3 Å². The van der Waals surface area contributed by atoms with E-state index in [9.17, 15) is 9.59 Å². The van der Waals surface area contributed by atoms with E-state index in [1.54, 1.807) is 18.3 Å². The summed E-state index contributed by atoms with van der Waals surface area (Å²) in [5, 5.41) is 3.60. The maximum atomic E-state index is 12.5. The highest BCUT2D eigenvalue weighted by atomic mass is 35.5. The molecule has 1 aromatic rings. The molecule has 5 nitrogen and oxygen atoms in total. The molecule has 0 bridgehead atoms. The standard InChI is InChI=1S/C15H19ClN2O3/c1-10(2)7-15(6-5-14(20)21-15)12(19)9-18-13-4-3-11(16)8-17-13/h3-4,8,10H,5-7,9H2,1-2H3,(H,17,18)/p+1/t15-/m1/s1. The number of anilines is 1. The van der Waals surface area contributed by atoms with Crippen molar-refractivity contribution in [2.45, 2.75) is 38.7 Å². The van der Waals surface area contributed by atoms with E-state index in [1.165, 1.54) is 0 Å². The fourth-order valence-electron chi connectivity index (χ4n) is 2.59. The number of carbonyl (C=O) groups excluding carboxylic acids is 2. The third-order valence-electron chi connectivity index (χ3n) is 3.50. The zero-order valence-electron chi connectivity index (χ0n) is 12.2. The molecule has 1 aromatic heterocycles. The second kappa shape index (κ2) is 6.43. The molecular formula is C15H20ClN2O3+. The van der Waals surface area contributed by atoms with E-state index in [0.29, 0.717) is 30.1 Å². The van der Waals surface area contributed by atoms with E-state index in [-0.39, 0.29) is 24.2 Å². The number of halogens is 1. The van der Waals surface area contributed by atoms with Gasteiger partial charge in [-0.3, -0.25) is 14.9 Å². The third-order valence-corrected chi connectivity index (χ3v) is 3.74. The molecule has 21 heavy (non-hydrogen) atoms. The van der Waals surface area contributed by atoms with Gasteiger partial charge in [0.2, 0.25) is 5.78 Å². The van der Waals surface area contributed by atoms with Crippen LogP contribution >= 0.6 is 11.6 Å². The van der Waals surface area contributed by atoms with Crippen LogP contribution in [0.1, 0.15) is 33.1 Å². The number of esters is 1. The summed E-state index contributed by atoms with van der Waals surface area (Å²) in [5.74, 6) is 0.589. The Morgan fingerprint density at radius 3 is 2.81 bits per heavy atom. The molecule has 2 heterocycles. The topological polar surface area (TPSA) is 69.5 Å². The number of carbonyl (C=O) groups is 2. The average molecular weight is 312 g/mol. The number of rotatable bonds is 6. The predicted molar refractivity (Wildman–Crippen MR) is 79.0 cm³/mol. The van der Waals surface area contributed by atoms with Crippen LogP contribution in [0, 0.1) is 5.92 Å². The molecule has 0 spiro atoms. The Balaban J connectivity index is 2.02. The number of ether oxygens (including phenoxy) is 1. The fourth-order valence-corrected chi connectivity index (χ4v) is 2.71. The van der Waals surface area contributed by atoms with Gasteiger partial charge in [-0.05, 0) is 18.4 Å². The monoisotopic (exact) mass is 311 g/mol. The quantitative estimate of drug-likeness (QED) is 0.818. The molecule has 1 aliphatic heterocycles. The van der Waals surface area contributed by atoms with Gasteiger partial charge in [-0.1, -0.05) is 25.4 Å². The number of pyridine rings is 1. The average Bonchev–Trinajstić information content (AvgIpc) is 2.79. The summed E-state index contributed by atoms with van der Waals surface area (Å²) in [7, 11) is 0. The lowest BCUT2D eigenvalue weighted by Gasteiger charge is -2.27. The Kier molecular flexibility index (Phi) is 4.83. The summed E-state index contributed by atoms with van der Waals surface area (Å²) < 4.78 is 5.37. The van der Waals surface area contributed by atoms with E-state index >= 15 is 0 Å². The Bertz CT molecular complexity index is 530. The summed E-state index contributed by atoms with van der Waals surface area (Å²) in [6.45, 7) is 4.14. The Labute approximate surface area is 129 Å². The number of aromatic nitrogens is 1. The van der Waals surface area contributed by atoms with Crippen LogP contribution in [0.25, 0.3) is 0 Å². The van der Waals surface area contributed by atoms with Crippen molar-refractivity contribution in [2.75, 3.05) is 11.9 Å². The van der Waals surface area contributed by atoms with Crippen LogP contribution < -0.4 is 10.3 Å². The molecule has 6 heteroatoms. The van der Waals surface area contributed by atoms with Crippen LogP contribution in [0.4, 0.5) is 5.82 Å². The maximum Gasteiger partial charge on any atom is 0.306 e. The molecule has 0 radical (unpaired) electrons. The smallest absolute Gasteiger partial charge is 0.306 e. The molecule has 2 rings (SSSR count). The van der Waals surface area contributed by atoms with Crippen molar-refractivity contribution in [3.8, 4) is 0 Å². The molecule has 0 saturated carbocycles. The highest BCUT2D eigenvalue weighted by Gasteiger charge is 2.47. The molecule has 114 valence electrons. The summed E-state index contributed by atoms with van der Waals surface area (Å²) in [5.41, 5.74) is -0.968. The van der Waals surface area contributed by atoms with Gasteiger partial charge in [0, 0.05) is 18.9 Å². The molecule has 0 aromatic carbocycles. The minimum Gasteiger partial charge on any atom is -0.451 e. The molecule has 1 aliphatic rings. The molecule has 0 amide bonds. The van der Waals surface area contributed by atoms with Crippen molar-refractivity contribution in [1.82, 2.24) is 0 Å². The van der Waals surface area contributed by atoms with E-state index in [1.807, 2.05) is 13.8 Å². The predicted octanol–water partition coefficient (Wildman–Crippen LogP) is 2.26. The number of cyclic esters (lactones) is 1. The van der Waals surface area contributed by atoms with E-state index < -0.39 is 5.60 Å². The number of Topliss-reactive ketones (excluding diaryl/α,β-unsaturated/α-hetero) is 1. The summed E-state index contributed by atoms with van der Waals surface area (Å²) in [6, 6.07) is 3.48. The van der Waals surface area contributed by atoms with Gasteiger partial charge < -0.3 is 4.74 Å². The van der Waals surface area contributed by atoms with Gasteiger partial charge in [0.1, 0.15) is 12.7 Å². The van der Waals surface area contributed by atoms with Crippen molar-refractivity contribution in [3.63, 3.8) is 0 Å². The van der Waals surface area contributed by atoms with Gasteiger partial charge in [0.25, 0.3) is 5.82 Å². The largest absolute Gasteiger partial charge is 0.451 e. The van der Waals surface area contributed by atoms with Crippen molar-refractivity contribution in [2.24, 2.45) is 5.92 Å². The van der Waals surface area contributed by atoms with Crippen LogP contribution in [0.3, 0.4) is 0 Å². The van der Waals surface area contributed by atoms with Gasteiger partial charge in [-0.2, -0.15) is 0 Å². The second-order valence-electron chi connectivity index (χ2n) is 5.76. The Morgan fingerprint density at radius 1 is 1.52 bits per heavy atom. The SMILES string of the molecule is CC(C)C[C@@]1(C(=O)CNc2ccc(Cl)c[nH+]2)CCC(=O)O1. The Morgan fingerprint density at radius 2 is 2.29 bits per heavy atom. The van der Waals surface area contributed by atoms with E-state index in [4.69, 9.17) is 16.3 Å². The maximum absolute atomic E-state index is 12.5. The minimum absolute atomic E-state index is 0.0922. The van der Waals surface area contributed by atoms with E-state index in [0.717, 1.165) is 0 Å². The fraction of sp³-hybridized carbons (Fsp3) is 0.533. The van der Waals surface area contributed by atoms with Gasteiger partial charge in [-0.25, -0.2) is 4.98 Å². The number of ketones is 1. The highest BCUT2D eigenvalue weighted by molar-refractivity contribution is 6.30. The second-order valence-corrected chi connectivity index (χ2v) is 6.20. The molecule has 1 atom stereocenters.